The topological polar surface area (TPSA) is 80.5 Å². The van der Waals surface area contributed by atoms with Crippen LogP contribution in [0.1, 0.15) is 5.56 Å². The van der Waals surface area contributed by atoms with E-state index in [1.165, 1.54) is 12.1 Å². The molecule has 0 aliphatic heterocycles. The molecule has 0 fully saturated rings. The van der Waals surface area contributed by atoms with Gasteiger partial charge in [-0.2, -0.15) is 0 Å². The average Bonchev–Trinajstić information content (AvgIpc) is 2.60. The van der Waals surface area contributed by atoms with Gasteiger partial charge in [-0.15, -0.1) is 0 Å². The van der Waals surface area contributed by atoms with Gasteiger partial charge in [-0.1, -0.05) is 48.5 Å². The number of para-hydroxylation sites is 1. The van der Waals surface area contributed by atoms with Crippen molar-refractivity contribution in [3.63, 3.8) is 0 Å². The molecule has 0 aliphatic rings. The van der Waals surface area contributed by atoms with Gasteiger partial charge in [-0.3, -0.25) is 10.1 Å². The number of nitro groups is 1. The van der Waals surface area contributed by atoms with E-state index in [4.69, 9.17) is 0 Å². The molecule has 0 saturated carbocycles. The van der Waals surface area contributed by atoms with E-state index in [2.05, 4.69) is 0 Å². The number of nitro benzene ring substituents is 1. The number of hydrogen-bond acceptors (Lipinski definition) is 5. The highest BCUT2D eigenvalue weighted by Gasteiger charge is 2.27. The van der Waals surface area contributed by atoms with E-state index < -0.39 is 20.4 Å². The minimum Gasteiger partial charge on any atom is -0.365 e. The van der Waals surface area contributed by atoms with Crippen molar-refractivity contribution in [1.82, 2.24) is 0 Å². The van der Waals surface area contributed by atoms with Gasteiger partial charge < -0.3 is 4.90 Å². The van der Waals surface area contributed by atoms with Crippen LogP contribution in [0, 0.1) is 10.1 Å². The van der Waals surface area contributed by atoms with Crippen LogP contribution in [-0.4, -0.2) is 26.6 Å². The van der Waals surface area contributed by atoms with Crippen LogP contribution in [0.15, 0.2) is 65.6 Å². The van der Waals surface area contributed by atoms with E-state index in [-0.39, 0.29) is 10.6 Å². The lowest BCUT2D eigenvalue weighted by Gasteiger charge is -2.21. The van der Waals surface area contributed by atoms with E-state index in [9.17, 15) is 18.5 Å². The van der Waals surface area contributed by atoms with Crippen LogP contribution in [0.4, 0.5) is 11.4 Å². The second-order valence-electron chi connectivity index (χ2n) is 6.15. The normalized spacial score (nSPS) is 11.5. The predicted molar refractivity (Wildman–Crippen MR) is 102 cm³/mol. The molecule has 6 nitrogen and oxygen atoms in total. The van der Waals surface area contributed by atoms with E-state index in [0.29, 0.717) is 6.54 Å². The highest BCUT2D eigenvalue weighted by atomic mass is 32.2. The lowest BCUT2D eigenvalue weighted by molar-refractivity contribution is -0.387. The number of sulfone groups is 1. The summed E-state index contributed by atoms with van der Waals surface area (Å²) in [5.41, 5.74) is 0.883. The Hall–Kier alpha value is -2.93. The van der Waals surface area contributed by atoms with Crippen molar-refractivity contribution in [1.29, 1.82) is 0 Å². The van der Waals surface area contributed by atoms with Crippen molar-refractivity contribution in [2.24, 2.45) is 0 Å². The van der Waals surface area contributed by atoms with Crippen LogP contribution in [-0.2, 0) is 16.4 Å². The standard InChI is InChI=1S/C19H18N2O4S/c1-20(13-15-9-5-8-14-7-3-4-10-16(14)15)17-11-6-12-18(26(2,24)25)19(17)21(22)23/h3-12H,13H2,1-2H3. The Balaban J connectivity index is 2.08. The molecule has 0 heterocycles. The average molecular weight is 370 g/mol. The van der Waals surface area contributed by atoms with Gasteiger partial charge in [-0.25, -0.2) is 8.42 Å². The first-order valence-electron chi connectivity index (χ1n) is 7.94. The molecule has 0 amide bonds. The smallest absolute Gasteiger partial charge is 0.311 e. The molecule has 0 bridgehead atoms. The zero-order chi connectivity index (χ0) is 18.9. The Morgan fingerprint density at radius 3 is 2.35 bits per heavy atom. The van der Waals surface area contributed by atoms with E-state index >= 15 is 0 Å². The van der Waals surface area contributed by atoms with E-state index in [1.54, 1.807) is 18.0 Å². The van der Waals surface area contributed by atoms with Gasteiger partial charge in [0, 0.05) is 19.8 Å². The Kier molecular flexibility index (Phi) is 4.65. The number of fused-ring (bicyclic) bond motifs is 1. The third-order valence-electron chi connectivity index (χ3n) is 4.26. The van der Waals surface area contributed by atoms with Crippen molar-refractivity contribution >= 4 is 32.0 Å². The molecular weight excluding hydrogens is 352 g/mol. The lowest BCUT2D eigenvalue weighted by atomic mass is 10.0. The van der Waals surface area contributed by atoms with Crippen molar-refractivity contribution < 1.29 is 13.3 Å². The largest absolute Gasteiger partial charge is 0.365 e. The summed E-state index contributed by atoms with van der Waals surface area (Å²) in [5, 5.41) is 13.7. The molecule has 134 valence electrons. The molecule has 3 aromatic rings. The number of benzene rings is 3. The fourth-order valence-electron chi connectivity index (χ4n) is 3.07. The summed E-state index contributed by atoms with van der Waals surface area (Å²) in [7, 11) is -1.99. The first kappa shape index (κ1) is 17.9. The van der Waals surface area contributed by atoms with Gasteiger partial charge in [0.05, 0.1) is 4.92 Å². The van der Waals surface area contributed by atoms with Crippen molar-refractivity contribution in [2.45, 2.75) is 11.4 Å². The summed E-state index contributed by atoms with van der Waals surface area (Å²) in [4.78, 5) is 12.4. The predicted octanol–water partition coefficient (Wildman–Crippen LogP) is 3.79. The third kappa shape index (κ3) is 3.39. The SMILES string of the molecule is CN(Cc1cccc2ccccc12)c1cccc(S(C)(=O)=O)c1[N+](=O)[O-]. The third-order valence-corrected chi connectivity index (χ3v) is 5.39. The lowest BCUT2D eigenvalue weighted by Crippen LogP contribution is -2.19. The first-order chi connectivity index (χ1) is 12.3. The summed E-state index contributed by atoms with van der Waals surface area (Å²) < 4.78 is 23.9. The highest BCUT2D eigenvalue weighted by molar-refractivity contribution is 7.90. The molecule has 3 aromatic carbocycles. The van der Waals surface area contributed by atoms with E-state index in [0.717, 1.165) is 22.6 Å². The van der Waals surface area contributed by atoms with Gasteiger partial charge in [0.1, 0.15) is 10.6 Å². The molecule has 0 N–H and O–H groups in total. The van der Waals surface area contributed by atoms with E-state index in [1.807, 2.05) is 42.5 Å². The molecule has 0 unspecified atom stereocenters. The van der Waals surface area contributed by atoms with Gasteiger partial charge in [0.2, 0.25) is 0 Å². The highest BCUT2D eigenvalue weighted by Crippen LogP contribution is 2.35. The molecule has 26 heavy (non-hydrogen) atoms. The van der Waals surface area contributed by atoms with Crippen LogP contribution in [0.5, 0.6) is 0 Å². The fourth-order valence-corrected chi connectivity index (χ4v) is 3.93. The Morgan fingerprint density at radius 2 is 1.65 bits per heavy atom. The summed E-state index contributed by atoms with van der Waals surface area (Å²) in [6.07, 6.45) is 0.976. The molecule has 0 saturated heterocycles. The first-order valence-corrected chi connectivity index (χ1v) is 9.83. The monoisotopic (exact) mass is 370 g/mol. The van der Waals surface area contributed by atoms with Crippen LogP contribution < -0.4 is 4.90 Å². The zero-order valence-electron chi connectivity index (χ0n) is 14.4. The molecular formula is C19H18N2O4S. The van der Waals surface area contributed by atoms with Crippen molar-refractivity contribution in [3.05, 3.63) is 76.3 Å². The quantitative estimate of drug-likeness (QED) is 0.504. The summed E-state index contributed by atoms with van der Waals surface area (Å²) >= 11 is 0. The molecule has 0 aliphatic carbocycles. The van der Waals surface area contributed by atoms with Gasteiger partial charge >= 0.3 is 5.69 Å². The van der Waals surface area contributed by atoms with Crippen LogP contribution >= 0.6 is 0 Å². The van der Waals surface area contributed by atoms with Crippen LogP contribution in [0.2, 0.25) is 0 Å². The van der Waals surface area contributed by atoms with Gasteiger partial charge in [0.25, 0.3) is 0 Å². The van der Waals surface area contributed by atoms with Crippen LogP contribution in [0.3, 0.4) is 0 Å². The second-order valence-corrected chi connectivity index (χ2v) is 8.13. The molecule has 0 aromatic heterocycles. The zero-order valence-corrected chi connectivity index (χ0v) is 15.2. The molecule has 0 radical (unpaired) electrons. The fraction of sp³-hybridized carbons (Fsp3) is 0.158. The minimum atomic E-state index is -3.71. The number of hydrogen-bond donors (Lipinski definition) is 0. The maximum absolute atomic E-state index is 11.9. The second kappa shape index (κ2) is 6.76. The van der Waals surface area contributed by atoms with Gasteiger partial charge in [-0.05, 0) is 28.5 Å². The van der Waals surface area contributed by atoms with Crippen LogP contribution in [0.25, 0.3) is 10.8 Å². The number of anilines is 1. The minimum absolute atomic E-state index is 0.269. The maximum atomic E-state index is 11.9. The number of rotatable bonds is 5. The van der Waals surface area contributed by atoms with Crippen molar-refractivity contribution in [3.8, 4) is 0 Å². The Morgan fingerprint density at radius 1 is 1.00 bits per heavy atom. The van der Waals surface area contributed by atoms with Crippen molar-refractivity contribution in [2.75, 3.05) is 18.2 Å². The number of nitrogens with zero attached hydrogens (tertiary/aromatic N) is 2. The summed E-state index contributed by atoms with van der Waals surface area (Å²) in [5.74, 6) is 0. The molecule has 3 rings (SSSR count). The molecule has 7 heteroatoms. The Bertz CT molecular complexity index is 1090. The molecule has 0 spiro atoms. The van der Waals surface area contributed by atoms with Gasteiger partial charge in [0.15, 0.2) is 9.84 Å². The summed E-state index contributed by atoms with van der Waals surface area (Å²) in [6, 6.07) is 18.2. The maximum Gasteiger partial charge on any atom is 0.311 e. The molecule has 0 atom stereocenters. The Labute approximate surface area is 151 Å². The summed E-state index contributed by atoms with van der Waals surface area (Å²) in [6.45, 7) is 0.412.